The fraction of sp³-hybridized carbons (Fsp3) is 0.462. The molecular weight excluding hydrogens is 843 g/mol. The van der Waals surface area contributed by atoms with E-state index in [0.717, 1.165) is 48.5 Å². The maximum atomic E-state index is 13.2. The molecule has 3 aromatic carbocycles. The Kier molecular flexibility index (Phi) is 12.4. The summed E-state index contributed by atoms with van der Waals surface area (Å²) in [5.41, 5.74) is 15.9. The highest BCUT2D eigenvalue weighted by molar-refractivity contribution is 7.86. The van der Waals surface area contributed by atoms with Gasteiger partial charge in [-0.3, -0.25) is 13.9 Å². The molecule has 3 N–H and O–H groups in total. The Morgan fingerprint density at radius 3 is 2.19 bits per heavy atom. The van der Waals surface area contributed by atoms with E-state index in [1.165, 1.54) is 50.1 Å². The van der Waals surface area contributed by atoms with Gasteiger partial charge in [-0.25, -0.2) is 0 Å². The normalized spacial score (nSPS) is 23.3. The lowest BCUT2D eigenvalue weighted by Gasteiger charge is -2.40. The van der Waals surface area contributed by atoms with Crippen LogP contribution in [0.15, 0.2) is 95.7 Å². The molecule has 2 aliphatic heterocycles. The summed E-state index contributed by atoms with van der Waals surface area (Å²) in [5, 5.41) is 2.84. The van der Waals surface area contributed by atoms with Crippen LogP contribution >= 0.6 is 0 Å². The molecule has 3 unspecified atom stereocenters. The fourth-order valence-electron chi connectivity index (χ4n) is 11.6. The zero-order valence-corrected chi connectivity index (χ0v) is 40.0. The molecule has 10 nitrogen and oxygen atoms in total. The van der Waals surface area contributed by atoms with Crippen molar-refractivity contribution in [2.75, 3.05) is 36.5 Å². The number of allylic oxidation sites excluding steroid dienone is 8. The lowest BCUT2D eigenvalue weighted by Crippen LogP contribution is -2.29. The van der Waals surface area contributed by atoms with Crippen molar-refractivity contribution >= 4 is 48.8 Å². The van der Waals surface area contributed by atoms with Crippen LogP contribution in [0.5, 0.6) is 0 Å². The van der Waals surface area contributed by atoms with E-state index >= 15 is 0 Å². The minimum Gasteiger partial charge on any atom is -0.355 e. The van der Waals surface area contributed by atoms with Crippen molar-refractivity contribution < 1.29 is 35.3 Å². The number of amides is 1. The molecule has 8 rings (SSSR count). The molecule has 3 aliphatic carbocycles. The number of benzene rings is 3. The van der Waals surface area contributed by atoms with E-state index in [0.29, 0.717) is 50.3 Å². The lowest BCUT2D eigenvalue weighted by atomic mass is 9.63. The molecule has 0 bridgehead atoms. The van der Waals surface area contributed by atoms with Gasteiger partial charge < -0.3 is 10.2 Å². The first-order valence-electron chi connectivity index (χ1n) is 22.9. The number of anilines is 1. The highest BCUT2D eigenvalue weighted by atomic mass is 32.2. The zero-order valence-electron chi connectivity index (χ0n) is 38.4. The predicted molar refractivity (Wildman–Crippen MR) is 257 cm³/mol. The third-order valence-corrected chi connectivity index (χ3v) is 16.4. The molecule has 64 heavy (non-hydrogen) atoms. The molecular formula is C52H64N3O7S2+. The number of unbranched alkanes of at least 4 members (excludes halogenated alkanes) is 2. The van der Waals surface area contributed by atoms with Gasteiger partial charge in [-0.2, -0.15) is 21.4 Å². The van der Waals surface area contributed by atoms with Crippen molar-refractivity contribution in [3.63, 3.8) is 0 Å². The topological polar surface area (TPSA) is 144 Å². The van der Waals surface area contributed by atoms with Crippen LogP contribution in [-0.4, -0.2) is 73.8 Å². The van der Waals surface area contributed by atoms with Gasteiger partial charge in [0.15, 0.2) is 5.71 Å². The molecule has 1 saturated carbocycles. The van der Waals surface area contributed by atoms with E-state index in [4.69, 9.17) is 0 Å². The van der Waals surface area contributed by atoms with Crippen LogP contribution in [0.4, 0.5) is 11.4 Å². The van der Waals surface area contributed by atoms with Gasteiger partial charge in [0, 0.05) is 66.0 Å². The smallest absolute Gasteiger partial charge is 0.264 e. The van der Waals surface area contributed by atoms with Crippen LogP contribution in [0, 0.1) is 25.7 Å². The first-order valence-corrected chi connectivity index (χ1v) is 26.2. The molecule has 12 heteroatoms. The Bertz CT molecular complexity index is 2790. The minimum absolute atomic E-state index is 0.105. The Hall–Kier alpha value is -4.62. The number of fused-ring (bicyclic) bond motifs is 5. The molecule has 340 valence electrons. The van der Waals surface area contributed by atoms with Gasteiger partial charge in [0.1, 0.15) is 6.54 Å². The summed E-state index contributed by atoms with van der Waals surface area (Å²) in [4.78, 5) is 15.5. The first-order chi connectivity index (χ1) is 30.2. The molecule has 0 radical (unpaired) electrons. The molecule has 1 amide bonds. The SMILES string of the molecule is CNC(=O)c1ccc2c(c1)C1/C(=C/C=C3/N(CCCCS(=O)(=O)O)c4ccc(C)cc4C3(C)C)CCC3CCC(/C=C/C4=[N+](CCCCS(=O)(=O)O)c5ccc(C)cc5C4(C)C)=C2C31. The van der Waals surface area contributed by atoms with Gasteiger partial charge in [0.2, 0.25) is 5.69 Å². The second-order valence-electron chi connectivity index (χ2n) is 19.8. The number of hydrogen-bond acceptors (Lipinski definition) is 6. The number of carbonyl (C=O) groups is 1. The Balaban J connectivity index is 1.20. The number of nitrogens with zero attached hydrogens (tertiary/aromatic N) is 2. The number of hydrogen-bond donors (Lipinski definition) is 3. The van der Waals surface area contributed by atoms with E-state index in [9.17, 15) is 30.7 Å². The fourth-order valence-corrected chi connectivity index (χ4v) is 12.7. The van der Waals surface area contributed by atoms with E-state index in [1.807, 2.05) is 6.07 Å². The van der Waals surface area contributed by atoms with Crippen molar-refractivity contribution in [1.82, 2.24) is 5.32 Å². The van der Waals surface area contributed by atoms with Gasteiger partial charge in [-0.15, -0.1) is 0 Å². The maximum Gasteiger partial charge on any atom is 0.264 e. The molecule has 3 atom stereocenters. The third-order valence-electron chi connectivity index (χ3n) is 14.8. The maximum absolute atomic E-state index is 13.2. The number of carbonyl (C=O) groups excluding carboxylic acids is 1. The van der Waals surface area contributed by atoms with Crippen LogP contribution in [-0.2, 0) is 31.1 Å². The summed E-state index contributed by atoms with van der Waals surface area (Å²) in [7, 11) is -6.41. The number of aryl methyl sites for hydroxylation is 2. The van der Waals surface area contributed by atoms with Crippen molar-refractivity contribution in [1.29, 1.82) is 0 Å². The average Bonchev–Trinajstić information content (AvgIpc) is 3.76. The first kappa shape index (κ1) is 45.9. The third kappa shape index (κ3) is 8.75. The molecule has 0 saturated heterocycles. The van der Waals surface area contributed by atoms with Crippen LogP contribution in [0.1, 0.15) is 129 Å². The van der Waals surface area contributed by atoms with Gasteiger partial charge in [-0.1, -0.05) is 67.0 Å². The van der Waals surface area contributed by atoms with E-state index in [-0.39, 0.29) is 40.1 Å². The highest BCUT2D eigenvalue weighted by Gasteiger charge is 2.49. The lowest BCUT2D eigenvalue weighted by molar-refractivity contribution is -0.438. The summed E-state index contributed by atoms with van der Waals surface area (Å²) in [6.07, 6.45) is 15.3. The van der Waals surface area contributed by atoms with Crippen molar-refractivity contribution in [2.45, 2.75) is 110 Å². The molecule has 0 aromatic heterocycles. The van der Waals surface area contributed by atoms with Crippen molar-refractivity contribution in [2.24, 2.45) is 11.8 Å². The predicted octanol–water partition coefficient (Wildman–Crippen LogP) is 9.91. The average molecular weight is 907 g/mol. The minimum atomic E-state index is -4.04. The summed E-state index contributed by atoms with van der Waals surface area (Å²) in [6.45, 7) is 14.5. The van der Waals surface area contributed by atoms with Gasteiger partial charge in [-0.05, 0) is 143 Å². The monoisotopic (exact) mass is 906 g/mol. The van der Waals surface area contributed by atoms with Gasteiger partial charge >= 0.3 is 0 Å². The van der Waals surface area contributed by atoms with Crippen LogP contribution in [0.25, 0.3) is 5.57 Å². The van der Waals surface area contributed by atoms with Crippen molar-refractivity contribution in [3.8, 4) is 0 Å². The summed E-state index contributed by atoms with van der Waals surface area (Å²) in [6, 6.07) is 19.4. The van der Waals surface area contributed by atoms with Gasteiger partial charge in [0.05, 0.1) is 16.9 Å². The van der Waals surface area contributed by atoms with Crippen molar-refractivity contribution in [3.05, 3.63) is 135 Å². The summed E-state index contributed by atoms with van der Waals surface area (Å²) >= 11 is 0. The Morgan fingerprint density at radius 1 is 0.812 bits per heavy atom. The Morgan fingerprint density at radius 2 is 1.48 bits per heavy atom. The standard InChI is InChI=1S/C52H63N3O7S2/c1-33-12-22-43-41(30-33)51(3,4)45(54(43)26-8-10-28-63(57,58)59)24-19-35-14-16-37-17-15-36(48-40-32-38(50(56)53-7)18-21-39(40)47(35)49(37)48)20-25-46-52(5,6)42-31-34(2)13-23-44(42)55(46)27-9-11-29-64(60,61)62/h12-13,18-25,30-32,37,48-49H,8-11,14-17,26-29H2,1-7H3,(H2-,53,56,57,58,59,60,61,62)/p+1/b24-19+,36-20+,46-25+. The largest absolute Gasteiger partial charge is 0.355 e. The molecule has 2 heterocycles. The quantitative estimate of drug-likeness (QED) is 0.0824. The molecule has 5 aliphatic rings. The number of nitrogens with one attached hydrogen (secondary N) is 1. The van der Waals surface area contributed by atoms with Gasteiger partial charge in [0.25, 0.3) is 26.1 Å². The zero-order chi connectivity index (χ0) is 45.9. The highest BCUT2D eigenvalue weighted by Crippen LogP contribution is 2.62. The number of rotatable bonds is 14. The Labute approximate surface area is 380 Å². The van der Waals surface area contributed by atoms with Crippen LogP contribution in [0.2, 0.25) is 0 Å². The summed E-state index contributed by atoms with van der Waals surface area (Å²) in [5.74, 6) is 0.234. The second kappa shape index (κ2) is 17.3. The van der Waals surface area contributed by atoms with E-state index < -0.39 is 20.2 Å². The van der Waals surface area contributed by atoms with Crippen LogP contribution in [0.3, 0.4) is 0 Å². The second-order valence-corrected chi connectivity index (χ2v) is 22.9. The molecule has 0 spiro atoms. The van der Waals surface area contributed by atoms with Crippen LogP contribution < -0.4 is 10.2 Å². The molecule has 3 aromatic rings. The van der Waals surface area contributed by atoms with E-state index in [2.05, 4.69) is 129 Å². The summed E-state index contributed by atoms with van der Waals surface area (Å²) < 4.78 is 67.5. The molecule has 1 fully saturated rings. The van der Waals surface area contributed by atoms with E-state index in [1.54, 1.807) is 7.05 Å².